The number of hydrogen-bond acceptors (Lipinski definition) is 2. The minimum atomic E-state index is -4.66. The molecule has 0 bridgehead atoms. The van der Waals surface area contributed by atoms with Crippen LogP contribution in [0.1, 0.15) is 32.3 Å². The fraction of sp³-hybridized carbons (Fsp3) is 0.467. The molecule has 0 spiro atoms. The summed E-state index contributed by atoms with van der Waals surface area (Å²) in [6, 6.07) is 2.92. The maximum atomic E-state index is 13.0. The van der Waals surface area contributed by atoms with Crippen molar-refractivity contribution < 1.29 is 22.8 Å². The monoisotopic (exact) mass is 348 g/mol. The highest BCUT2D eigenvalue weighted by atomic mass is 35.5. The van der Waals surface area contributed by atoms with Crippen LogP contribution in [-0.4, -0.2) is 17.9 Å². The highest BCUT2D eigenvalue weighted by Crippen LogP contribution is 2.47. The van der Waals surface area contributed by atoms with Gasteiger partial charge in [0.25, 0.3) is 0 Å². The van der Waals surface area contributed by atoms with Crippen molar-refractivity contribution in [2.24, 2.45) is 5.41 Å². The van der Waals surface area contributed by atoms with Gasteiger partial charge < -0.3 is 10.6 Å². The summed E-state index contributed by atoms with van der Waals surface area (Å²) in [5, 5.41) is 4.76. The second kappa shape index (κ2) is 6.03. The zero-order chi connectivity index (χ0) is 17.4. The standard InChI is InChI=1S/C15H16ClF3N2O2/c1-8(2)20-12(22)14(5-6-14)13(23)21-11-4-3-9(16)7-10(11)15(17,18)19/h3-4,7-8H,5-6H2,1-2H3,(H,20,22)(H,21,23). The summed E-state index contributed by atoms with van der Waals surface area (Å²) in [7, 11) is 0. The number of alkyl halides is 3. The molecule has 1 aromatic rings. The Morgan fingerprint density at radius 3 is 2.30 bits per heavy atom. The minimum absolute atomic E-state index is 0.0889. The van der Waals surface area contributed by atoms with E-state index in [0.717, 1.165) is 12.1 Å². The zero-order valence-corrected chi connectivity index (χ0v) is 13.3. The topological polar surface area (TPSA) is 58.2 Å². The summed E-state index contributed by atoms with van der Waals surface area (Å²) in [5.74, 6) is -1.20. The van der Waals surface area contributed by atoms with Crippen LogP contribution in [0.2, 0.25) is 5.02 Å². The molecule has 1 aliphatic rings. The van der Waals surface area contributed by atoms with Gasteiger partial charge in [0.2, 0.25) is 11.8 Å². The van der Waals surface area contributed by atoms with Crippen LogP contribution < -0.4 is 10.6 Å². The van der Waals surface area contributed by atoms with Crippen molar-refractivity contribution in [1.29, 1.82) is 0 Å². The van der Waals surface area contributed by atoms with E-state index in [2.05, 4.69) is 10.6 Å². The maximum Gasteiger partial charge on any atom is 0.418 e. The molecule has 2 amide bonds. The lowest BCUT2D eigenvalue weighted by Gasteiger charge is -2.19. The van der Waals surface area contributed by atoms with Crippen LogP contribution in [0.3, 0.4) is 0 Å². The first kappa shape index (κ1) is 17.6. The molecule has 0 aliphatic heterocycles. The predicted molar refractivity (Wildman–Crippen MR) is 80.0 cm³/mol. The second-order valence-electron chi connectivity index (χ2n) is 5.85. The fourth-order valence-corrected chi connectivity index (χ4v) is 2.36. The summed E-state index contributed by atoms with van der Waals surface area (Å²) in [6.07, 6.45) is -4.04. The van der Waals surface area contributed by atoms with Crippen molar-refractivity contribution in [2.45, 2.75) is 38.9 Å². The Balaban J connectivity index is 2.23. The van der Waals surface area contributed by atoms with Crippen molar-refractivity contribution >= 4 is 29.1 Å². The first-order valence-corrected chi connectivity index (χ1v) is 7.43. The molecule has 126 valence electrons. The van der Waals surface area contributed by atoms with Gasteiger partial charge in [-0.25, -0.2) is 0 Å². The van der Waals surface area contributed by atoms with Crippen molar-refractivity contribution in [3.63, 3.8) is 0 Å². The SMILES string of the molecule is CC(C)NC(=O)C1(C(=O)Nc2ccc(Cl)cc2C(F)(F)F)CC1. The number of benzene rings is 1. The summed E-state index contributed by atoms with van der Waals surface area (Å²) in [4.78, 5) is 24.4. The number of nitrogens with one attached hydrogen (secondary N) is 2. The van der Waals surface area contributed by atoms with Gasteiger partial charge in [-0.2, -0.15) is 13.2 Å². The Morgan fingerprint density at radius 2 is 1.83 bits per heavy atom. The molecular weight excluding hydrogens is 333 g/mol. The van der Waals surface area contributed by atoms with Crippen LogP contribution in [0.25, 0.3) is 0 Å². The van der Waals surface area contributed by atoms with E-state index < -0.39 is 34.7 Å². The molecule has 1 aromatic carbocycles. The largest absolute Gasteiger partial charge is 0.418 e. The molecule has 23 heavy (non-hydrogen) atoms. The molecule has 4 nitrogen and oxygen atoms in total. The number of amides is 2. The van der Waals surface area contributed by atoms with Gasteiger partial charge in [0.05, 0.1) is 11.3 Å². The lowest BCUT2D eigenvalue weighted by Crippen LogP contribution is -2.42. The molecule has 2 N–H and O–H groups in total. The van der Waals surface area contributed by atoms with Gasteiger partial charge in [0.15, 0.2) is 0 Å². The summed E-state index contributed by atoms with van der Waals surface area (Å²) < 4.78 is 39.1. The van der Waals surface area contributed by atoms with E-state index in [1.165, 1.54) is 6.07 Å². The van der Waals surface area contributed by atoms with Crippen LogP contribution in [0.15, 0.2) is 18.2 Å². The number of carbonyl (C=O) groups excluding carboxylic acids is 2. The average Bonchev–Trinajstić information content (AvgIpc) is 3.20. The predicted octanol–water partition coefficient (Wildman–Crippen LogP) is 3.60. The van der Waals surface area contributed by atoms with E-state index in [0.29, 0.717) is 12.8 Å². The third kappa shape index (κ3) is 3.77. The molecule has 0 atom stereocenters. The van der Waals surface area contributed by atoms with E-state index in [9.17, 15) is 22.8 Å². The highest BCUT2D eigenvalue weighted by molar-refractivity contribution is 6.30. The second-order valence-corrected chi connectivity index (χ2v) is 6.29. The fourth-order valence-electron chi connectivity index (χ4n) is 2.18. The quantitative estimate of drug-likeness (QED) is 0.817. The molecule has 0 aromatic heterocycles. The molecule has 1 saturated carbocycles. The molecular formula is C15H16ClF3N2O2. The molecule has 8 heteroatoms. The first-order valence-electron chi connectivity index (χ1n) is 7.05. The molecule has 0 saturated heterocycles. The van der Waals surface area contributed by atoms with Crippen molar-refractivity contribution in [2.75, 3.05) is 5.32 Å². The zero-order valence-electron chi connectivity index (χ0n) is 12.6. The Kier molecular flexibility index (Phi) is 4.61. The molecule has 2 rings (SSSR count). The van der Waals surface area contributed by atoms with E-state index >= 15 is 0 Å². The highest BCUT2D eigenvalue weighted by Gasteiger charge is 2.56. The summed E-state index contributed by atoms with van der Waals surface area (Å²) in [6.45, 7) is 3.49. The van der Waals surface area contributed by atoms with Gasteiger partial charge in [-0.1, -0.05) is 11.6 Å². The van der Waals surface area contributed by atoms with E-state index in [4.69, 9.17) is 11.6 Å². The van der Waals surface area contributed by atoms with Crippen LogP contribution in [0, 0.1) is 5.41 Å². The number of rotatable bonds is 4. The Labute approximate surface area is 136 Å². The van der Waals surface area contributed by atoms with Gasteiger partial charge in [-0.3, -0.25) is 9.59 Å². The average molecular weight is 349 g/mol. The third-order valence-electron chi connectivity index (χ3n) is 3.57. The van der Waals surface area contributed by atoms with Gasteiger partial charge in [-0.15, -0.1) is 0 Å². The van der Waals surface area contributed by atoms with Crippen LogP contribution in [-0.2, 0) is 15.8 Å². The Hall–Kier alpha value is -1.76. The van der Waals surface area contributed by atoms with Crippen molar-refractivity contribution in [3.05, 3.63) is 28.8 Å². The molecule has 0 radical (unpaired) electrons. The molecule has 0 heterocycles. The number of hydrogen-bond donors (Lipinski definition) is 2. The minimum Gasteiger partial charge on any atom is -0.353 e. The van der Waals surface area contributed by atoms with E-state index in [1.807, 2.05) is 0 Å². The van der Waals surface area contributed by atoms with Gasteiger partial charge in [-0.05, 0) is 44.9 Å². The lowest BCUT2D eigenvalue weighted by atomic mass is 10.0. The normalized spacial score (nSPS) is 16.1. The smallest absolute Gasteiger partial charge is 0.353 e. The van der Waals surface area contributed by atoms with Gasteiger partial charge >= 0.3 is 6.18 Å². The van der Waals surface area contributed by atoms with Crippen molar-refractivity contribution in [3.8, 4) is 0 Å². The first-order chi connectivity index (χ1) is 10.6. The number of anilines is 1. The van der Waals surface area contributed by atoms with Crippen LogP contribution in [0.4, 0.5) is 18.9 Å². The summed E-state index contributed by atoms with van der Waals surface area (Å²) >= 11 is 5.59. The molecule has 1 fully saturated rings. The van der Waals surface area contributed by atoms with Crippen molar-refractivity contribution in [1.82, 2.24) is 5.32 Å². The maximum absolute atomic E-state index is 13.0. The van der Waals surface area contributed by atoms with Gasteiger partial charge in [0.1, 0.15) is 5.41 Å². The van der Waals surface area contributed by atoms with Gasteiger partial charge in [0, 0.05) is 11.1 Å². The van der Waals surface area contributed by atoms with Crippen LogP contribution >= 0.6 is 11.6 Å². The number of halogens is 4. The van der Waals surface area contributed by atoms with E-state index in [-0.39, 0.29) is 11.1 Å². The third-order valence-corrected chi connectivity index (χ3v) is 3.81. The van der Waals surface area contributed by atoms with Crippen LogP contribution in [0.5, 0.6) is 0 Å². The molecule has 1 aliphatic carbocycles. The Bertz CT molecular complexity index is 640. The summed E-state index contributed by atoms with van der Waals surface area (Å²) in [5.41, 5.74) is -2.74. The number of carbonyl (C=O) groups is 2. The Morgan fingerprint density at radius 1 is 1.22 bits per heavy atom. The molecule has 0 unspecified atom stereocenters. The van der Waals surface area contributed by atoms with E-state index in [1.54, 1.807) is 13.8 Å². The lowest BCUT2D eigenvalue weighted by molar-refractivity contribution is -0.137.